The second kappa shape index (κ2) is 7.43. The average molecular weight is 352 g/mol. The molecule has 0 aliphatic heterocycles. The topological polar surface area (TPSA) is 54.5 Å². The lowest BCUT2D eigenvalue weighted by Crippen LogP contribution is -2.04. The quantitative estimate of drug-likeness (QED) is 0.519. The fraction of sp³-hybridized carbons (Fsp3) is 0.174. The summed E-state index contributed by atoms with van der Waals surface area (Å²) in [7, 11) is 0. The lowest BCUT2D eigenvalue weighted by molar-refractivity contribution is 0.677. The number of aryl methyl sites for hydroxylation is 3. The highest BCUT2D eigenvalue weighted by Gasteiger charge is 2.19. The van der Waals surface area contributed by atoms with Gasteiger partial charge in [0.05, 0.1) is 17.5 Å². The molecule has 0 unspecified atom stereocenters. The molecule has 2 aromatic heterocycles. The number of aromatic nitrogens is 3. The fourth-order valence-electron chi connectivity index (χ4n) is 3.48. The monoisotopic (exact) mass is 352 g/mol. The highest BCUT2D eigenvalue weighted by atomic mass is 15.3. The first-order chi connectivity index (χ1) is 13.3. The predicted molar refractivity (Wildman–Crippen MR) is 107 cm³/mol. The minimum atomic E-state index is 0.653. The summed E-state index contributed by atoms with van der Waals surface area (Å²) in [5.74, 6) is 0. The molecule has 27 heavy (non-hydrogen) atoms. The molecule has 0 N–H and O–H groups in total. The van der Waals surface area contributed by atoms with Crippen molar-refractivity contribution < 1.29 is 0 Å². The Balaban J connectivity index is 1.89. The summed E-state index contributed by atoms with van der Waals surface area (Å²) in [6.07, 6.45) is 3.50. The smallest absolute Gasteiger partial charge is 0.158 e. The number of rotatable bonds is 5. The van der Waals surface area contributed by atoms with Crippen molar-refractivity contribution in [3.63, 3.8) is 0 Å². The van der Waals surface area contributed by atoms with Gasteiger partial charge in [-0.25, -0.2) is 9.67 Å². The third-order valence-electron chi connectivity index (χ3n) is 4.86. The van der Waals surface area contributed by atoms with Crippen molar-refractivity contribution in [2.45, 2.75) is 26.3 Å². The van der Waals surface area contributed by atoms with Gasteiger partial charge in [0.2, 0.25) is 0 Å². The maximum absolute atomic E-state index is 9.96. The van der Waals surface area contributed by atoms with Gasteiger partial charge in [0, 0.05) is 17.5 Å². The highest BCUT2D eigenvalue weighted by Crippen LogP contribution is 2.30. The molecule has 2 aromatic carbocycles. The zero-order chi connectivity index (χ0) is 18.6. The average Bonchev–Trinajstić information content (AvgIpc) is 3.15. The molecule has 0 spiro atoms. The fourth-order valence-corrected chi connectivity index (χ4v) is 3.48. The summed E-state index contributed by atoms with van der Waals surface area (Å²) < 4.78 is 1.90. The molecule has 4 nitrogen and oxygen atoms in total. The normalized spacial score (nSPS) is 10.8. The molecule has 0 saturated heterocycles. The van der Waals surface area contributed by atoms with Gasteiger partial charge in [-0.2, -0.15) is 10.4 Å². The van der Waals surface area contributed by atoms with E-state index in [1.165, 1.54) is 5.56 Å². The van der Waals surface area contributed by atoms with Crippen molar-refractivity contribution in [3.8, 4) is 17.3 Å². The molecule has 0 fully saturated rings. The molecule has 0 aliphatic carbocycles. The van der Waals surface area contributed by atoms with E-state index in [0.717, 1.165) is 47.2 Å². The number of fused-ring (bicyclic) bond motifs is 1. The van der Waals surface area contributed by atoms with Crippen LogP contribution in [0.2, 0.25) is 0 Å². The van der Waals surface area contributed by atoms with Gasteiger partial charge in [0.1, 0.15) is 6.07 Å². The van der Waals surface area contributed by atoms with Crippen LogP contribution in [-0.2, 0) is 19.4 Å². The van der Waals surface area contributed by atoms with Crippen LogP contribution in [0.15, 0.2) is 66.9 Å². The summed E-state index contributed by atoms with van der Waals surface area (Å²) in [6, 6.07) is 22.7. The molecule has 4 rings (SSSR count). The summed E-state index contributed by atoms with van der Waals surface area (Å²) >= 11 is 0. The number of hydrogen-bond acceptors (Lipinski definition) is 3. The molecule has 0 amide bonds. The first-order valence-electron chi connectivity index (χ1n) is 9.19. The molecular weight excluding hydrogens is 332 g/mol. The first-order valence-corrected chi connectivity index (χ1v) is 9.19. The van der Waals surface area contributed by atoms with Crippen molar-refractivity contribution >= 4 is 11.0 Å². The van der Waals surface area contributed by atoms with E-state index in [1.807, 2.05) is 59.4 Å². The molecule has 4 aromatic rings. The van der Waals surface area contributed by atoms with Gasteiger partial charge in [-0.15, -0.1) is 0 Å². The molecule has 0 aliphatic rings. The van der Waals surface area contributed by atoms with E-state index in [4.69, 9.17) is 4.98 Å². The van der Waals surface area contributed by atoms with Gasteiger partial charge in [0.25, 0.3) is 0 Å². The summed E-state index contributed by atoms with van der Waals surface area (Å²) in [5.41, 5.74) is 5.49. The first kappa shape index (κ1) is 17.0. The zero-order valence-corrected chi connectivity index (χ0v) is 15.3. The van der Waals surface area contributed by atoms with Crippen molar-refractivity contribution in [2.24, 2.45) is 0 Å². The van der Waals surface area contributed by atoms with Crippen molar-refractivity contribution in [1.29, 1.82) is 5.26 Å². The number of pyridine rings is 1. The Bertz CT molecular complexity index is 1110. The van der Waals surface area contributed by atoms with Crippen molar-refractivity contribution in [1.82, 2.24) is 14.8 Å². The van der Waals surface area contributed by atoms with E-state index in [0.29, 0.717) is 5.56 Å². The van der Waals surface area contributed by atoms with Crippen LogP contribution in [0.5, 0.6) is 0 Å². The van der Waals surface area contributed by atoms with Gasteiger partial charge in [-0.3, -0.25) is 0 Å². The van der Waals surface area contributed by atoms with Crippen LogP contribution in [-0.4, -0.2) is 14.8 Å². The zero-order valence-electron chi connectivity index (χ0n) is 15.3. The van der Waals surface area contributed by atoms with Crippen LogP contribution in [0.25, 0.3) is 22.3 Å². The van der Waals surface area contributed by atoms with E-state index in [1.54, 1.807) is 0 Å². The summed E-state index contributed by atoms with van der Waals surface area (Å²) in [4.78, 5) is 4.84. The maximum atomic E-state index is 9.96. The molecule has 0 bridgehead atoms. The van der Waals surface area contributed by atoms with Crippen LogP contribution in [0, 0.1) is 11.3 Å². The van der Waals surface area contributed by atoms with Gasteiger partial charge >= 0.3 is 0 Å². The molecular formula is C23H20N4. The van der Waals surface area contributed by atoms with Crippen LogP contribution in [0.3, 0.4) is 0 Å². The van der Waals surface area contributed by atoms with Crippen molar-refractivity contribution in [2.75, 3.05) is 0 Å². The highest BCUT2D eigenvalue weighted by molar-refractivity contribution is 5.86. The number of nitriles is 1. The van der Waals surface area contributed by atoms with E-state index in [9.17, 15) is 5.26 Å². The summed E-state index contributed by atoms with van der Waals surface area (Å²) in [6.45, 7) is 2.80. The van der Waals surface area contributed by atoms with Gasteiger partial charge < -0.3 is 0 Å². The minimum Gasteiger partial charge on any atom is -0.248 e. The lowest BCUT2D eigenvalue weighted by atomic mass is 9.95. The van der Waals surface area contributed by atoms with E-state index < -0.39 is 0 Å². The van der Waals surface area contributed by atoms with Gasteiger partial charge in [-0.05, 0) is 30.9 Å². The summed E-state index contributed by atoms with van der Waals surface area (Å²) in [5, 5.41) is 15.4. The maximum Gasteiger partial charge on any atom is 0.158 e. The van der Waals surface area contributed by atoms with Crippen LogP contribution in [0.4, 0.5) is 0 Å². The molecule has 0 saturated carbocycles. The van der Waals surface area contributed by atoms with E-state index >= 15 is 0 Å². The van der Waals surface area contributed by atoms with Crippen molar-refractivity contribution in [3.05, 3.63) is 83.6 Å². The number of benzene rings is 2. The molecule has 4 heteroatoms. The van der Waals surface area contributed by atoms with Crippen LogP contribution >= 0.6 is 0 Å². The van der Waals surface area contributed by atoms with E-state index in [2.05, 4.69) is 30.2 Å². The lowest BCUT2D eigenvalue weighted by Gasteiger charge is -2.12. The predicted octanol–water partition coefficient (Wildman–Crippen LogP) is 4.78. The van der Waals surface area contributed by atoms with E-state index in [-0.39, 0.29) is 0 Å². The number of hydrogen-bond donors (Lipinski definition) is 0. The number of nitrogens with zero attached hydrogens (tertiary/aromatic N) is 4. The Hall–Kier alpha value is -3.45. The molecule has 132 valence electrons. The standard InChI is InChI=1S/C23H20N4/c1-2-27-23-21(16-25-27)19(14-13-17-9-5-3-6-10-17)20(15-24)22(26-23)18-11-7-4-8-12-18/h3-12,16H,2,13-14H2,1H3. The third-order valence-corrected chi connectivity index (χ3v) is 4.86. The Morgan fingerprint density at radius 1 is 0.963 bits per heavy atom. The largest absolute Gasteiger partial charge is 0.248 e. The van der Waals surface area contributed by atoms with Gasteiger partial charge in [0.15, 0.2) is 5.65 Å². The van der Waals surface area contributed by atoms with Gasteiger partial charge in [-0.1, -0.05) is 60.7 Å². The second-order valence-corrected chi connectivity index (χ2v) is 6.48. The Labute approximate surface area is 158 Å². The molecule has 2 heterocycles. The minimum absolute atomic E-state index is 0.653. The third kappa shape index (κ3) is 3.20. The SMILES string of the molecule is CCn1ncc2c(CCc3ccccc3)c(C#N)c(-c3ccccc3)nc21. The molecule has 0 radical (unpaired) electrons. The molecule has 0 atom stereocenters. The Kier molecular flexibility index (Phi) is 4.67. The van der Waals surface area contributed by atoms with Crippen LogP contribution in [0.1, 0.15) is 23.6 Å². The Morgan fingerprint density at radius 2 is 1.67 bits per heavy atom. The second-order valence-electron chi connectivity index (χ2n) is 6.48. The van der Waals surface area contributed by atoms with Crippen LogP contribution < -0.4 is 0 Å². The Morgan fingerprint density at radius 3 is 2.33 bits per heavy atom.